The molecule has 0 bridgehead atoms. The van der Waals surface area contributed by atoms with Gasteiger partial charge in [0.05, 0.1) is 19.3 Å². The predicted octanol–water partition coefficient (Wildman–Crippen LogP) is 1.28. The summed E-state index contributed by atoms with van der Waals surface area (Å²) in [6.45, 7) is 0.616. The Bertz CT molecular complexity index is 520. The van der Waals surface area contributed by atoms with Crippen molar-refractivity contribution in [3.05, 3.63) is 29.0 Å². The molecule has 7 heteroatoms. The zero-order valence-electron chi connectivity index (χ0n) is 9.51. The van der Waals surface area contributed by atoms with Crippen molar-refractivity contribution in [2.45, 2.75) is 6.54 Å². The molecule has 2 aromatic rings. The number of hydrogen-bond donors (Lipinski definition) is 1. The predicted molar refractivity (Wildman–Crippen MR) is 64.0 cm³/mol. The first kappa shape index (κ1) is 11.6. The van der Waals surface area contributed by atoms with Gasteiger partial charge in [0.2, 0.25) is 0 Å². The number of methoxy groups -OCH3 is 1. The number of aromatic nitrogens is 3. The van der Waals surface area contributed by atoms with Gasteiger partial charge in [-0.15, -0.1) is 11.3 Å². The Morgan fingerprint density at radius 3 is 3.12 bits per heavy atom. The maximum Gasteiger partial charge on any atom is 0.357 e. The van der Waals surface area contributed by atoms with E-state index in [0.29, 0.717) is 17.4 Å². The van der Waals surface area contributed by atoms with Gasteiger partial charge in [-0.05, 0) is 6.07 Å². The van der Waals surface area contributed by atoms with Gasteiger partial charge in [-0.25, -0.2) is 9.78 Å². The van der Waals surface area contributed by atoms with Gasteiger partial charge in [0, 0.05) is 18.6 Å². The third kappa shape index (κ3) is 2.62. The van der Waals surface area contributed by atoms with Crippen molar-refractivity contribution in [1.29, 1.82) is 0 Å². The van der Waals surface area contributed by atoms with E-state index in [1.807, 2.05) is 13.1 Å². The number of thiazole rings is 1. The van der Waals surface area contributed by atoms with Gasteiger partial charge in [-0.1, -0.05) is 0 Å². The smallest absolute Gasteiger partial charge is 0.357 e. The average Bonchev–Trinajstić information content (AvgIpc) is 2.94. The van der Waals surface area contributed by atoms with Crippen molar-refractivity contribution < 1.29 is 9.53 Å². The molecule has 2 aromatic heterocycles. The zero-order valence-corrected chi connectivity index (χ0v) is 10.3. The fourth-order valence-corrected chi connectivity index (χ4v) is 1.97. The van der Waals surface area contributed by atoms with E-state index in [4.69, 9.17) is 0 Å². The first-order valence-corrected chi connectivity index (χ1v) is 5.83. The van der Waals surface area contributed by atoms with E-state index in [-0.39, 0.29) is 0 Å². The quantitative estimate of drug-likeness (QED) is 0.830. The van der Waals surface area contributed by atoms with Crippen LogP contribution in [-0.2, 0) is 18.3 Å². The number of aryl methyl sites for hydroxylation is 1. The van der Waals surface area contributed by atoms with E-state index in [1.54, 1.807) is 16.3 Å². The second kappa shape index (κ2) is 4.96. The van der Waals surface area contributed by atoms with E-state index < -0.39 is 5.97 Å². The lowest BCUT2D eigenvalue weighted by Crippen LogP contribution is -2.06. The molecule has 0 aliphatic rings. The van der Waals surface area contributed by atoms with Crippen LogP contribution in [0.3, 0.4) is 0 Å². The lowest BCUT2D eigenvalue weighted by Gasteiger charge is -2.02. The Kier molecular flexibility index (Phi) is 3.38. The van der Waals surface area contributed by atoms with Crippen molar-refractivity contribution in [3.63, 3.8) is 0 Å². The summed E-state index contributed by atoms with van der Waals surface area (Å²) in [6.07, 6.45) is 1.73. The molecule has 0 aliphatic carbocycles. The molecule has 2 heterocycles. The number of nitrogens with zero attached hydrogens (tertiary/aromatic N) is 3. The summed E-state index contributed by atoms with van der Waals surface area (Å²) >= 11 is 1.37. The van der Waals surface area contributed by atoms with E-state index in [0.717, 1.165) is 5.69 Å². The summed E-state index contributed by atoms with van der Waals surface area (Å²) in [5, 5.41) is 9.54. The molecular formula is C10H12N4O2S. The van der Waals surface area contributed by atoms with Crippen LogP contribution in [0.4, 0.5) is 5.13 Å². The van der Waals surface area contributed by atoms with Crippen molar-refractivity contribution in [2.75, 3.05) is 12.4 Å². The van der Waals surface area contributed by atoms with Crippen LogP contribution in [0, 0.1) is 0 Å². The lowest BCUT2D eigenvalue weighted by molar-refractivity contribution is 0.0595. The van der Waals surface area contributed by atoms with Gasteiger partial charge in [-0.2, -0.15) is 5.10 Å². The van der Waals surface area contributed by atoms with E-state index in [9.17, 15) is 4.79 Å². The van der Waals surface area contributed by atoms with Crippen LogP contribution in [0.1, 0.15) is 16.2 Å². The van der Waals surface area contributed by atoms with E-state index in [2.05, 4.69) is 20.1 Å². The molecule has 0 unspecified atom stereocenters. The minimum atomic E-state index is -0.421. The number of carbonyl (C=O) groups excluding carboxylic acids is 1. The SMILES string of the molecule is COC(=O)c1csc(NCc2ccnn2C)n1. The van der Waals surface area contributed by atoms with Crippen LogP contribution in [0.15, 0.2) is 17.6 Å². The molecule has 0 aromatic carbocycles. The first-order chi connectivity index (χ1) is 8.20. The molecule has 0 atom stereocenters. The largest absolute Gasteiger partial charge is 0.464 e. The van der Waals surface area contributed by atoms with Gasteiger partial charge in [0.15, 0.2) is 10.8 Å². The van der Waals surface area contributed by atoms with Crippen LogP contribution in [0.25, 0.3) is 0 Å². The van der Waals surface area contributed by atoms with Crippen molar-refractivity contribution in [1.82, 2.24) is 14.8 Å². The minimum Gasteiger partial charge on any atom is -0.464 e. The number of carbonyl (C=O) groups is 1. The third-order valence-electron chi connectivity index (χ3n) is 2.24. The topological polar surface area (TPSA) is 69.0 Å². The van der Waals surface area contributed by atoms with Crippen LogP contribution in [0.2, 0.25) is 0 Å². The fraction of sp³-hybridized carbons (Fsp3) is 0.300. The van der Waals surface area contributed by atoms with Crippen molar-refractivity contribution >= 4 is 22.4 Å². The Balaban J connectivity index is 1.98. The first-order valence-electron chi connectivity index (χ1n) is 4.95. The maximum atomic E-state index is 11.2. The second-order valence-electron chi connectivity index (χ2n) is 3.33. The number of anilines is 1. The summed E-state index contributed by atoms with van der Waals surface area (Å²) in [4.78, 5) is 15.3. The molecule has 0 saturated carbocycles. The number of hydrogen-bond acceptors (Lipinski definition) is 6. The Morgan fingerprint density at radius 1 is 1.65 bits per heavy atom. The van der Waals surface area contributed by atoms with Gasteiger partial charge in [0.25, 0.3) is 0 Å². The van der Waals surface area contributed by atoms with Gasteiger partial charge < -0.3 is 10.1 Å². The number of ether oxygens (including phenoxy) is 1. The molecule has 0 saturated heterocycles. The molecule has 0 amide bonds. The third-order valence-corrected chi connectivity index (χ3v) is 3.04. The summed E-state index contributed by atoms with van der Waals surface area (Å²) in [5.74, 6) is -0.421. The second-order valence-corrected chi connectivity index (χ2v) is 4.19. The Hall–Kier alpha value is -1.89. The summed E-state index contributed by atoms with van der Waals surface area (Å²) in [5.41, 5.74) is 1.37. The van der Waals surface area contributed by atoms with E-state index >= 15 is 0 Å². The van der Waals surface area contributed by atoms with Crippen molar-refractivity contribution in [2.24, 2.45) is 7.05 Å². The van der Waals surface area contributed by atoms with Crippen molar-refractivity contribution in [3.8, 4) is 0 Å². The number of nitrogens with one attached hydrogen (secondary N) is 1. The van der Waals surface area contributed by atoms with Crippen LogP contribution >= 0.6 is 11.3 Å². The maximum absolute atomic E-state index is 11.2. The Labute approximate surface area is 102 Å². The Morgan fingerprint density at radius 2 is 2.47 bits per heavy atom. The molecular weight excluding hydrogens is 240 g/mol. The van der Waals surface area contributed by atoms with Gasteiger partial charge in [-0.3, -0.25) is 4.68 Å². The molecule has 17 heavy (non-hydrogen) atoms. The minimum absolute atomic E-state index is 0.324. The molecule has 0 aliphatic heterocycles. The van der Waals surface area contributed by atoms with Gasteiger partial charge >= 0.3 is 5.97 Å². The standard InChI is InChI=1S/C10H12N4O2S/c1-14-7(3-4-12-14)5-11-10-13-8(6-17-10)9(15)16-2/h3-4,6H,5H2,1-2H3,(H,11,13). The highest BCUT2D eigenvalue weighted by atomic mass is 32.1. The molecule has 1 N–H and O–H groups in total. The molecule has 0 radical (unpaired) electrons. The van der Waals surface area contributed by atoms with E-state index in [1.165, 1.54) is 18.4 Å². The van der Waals surface area contributed by atoms with Crippen LogP contribution in [0.5, 0.6) is 0 Å². The van der Waals surface area contributed by atoms with Crippen LogP contribution in [-0.4, -0.2) is 27.8 Å². The summed E-state index contributed by atoms with van der Waals surface area (Å²) in [7, 11) is 3.21. The number of rotatable bonds is 4. The molecule has 2 rings (SSSR count). The monoisotopic (exact) mass is 252 g/mol. The normalized spacial score (nSPS) is 10.2. The highest BCUT2D eigenvalue weighted by Crippen LogP contribution is 2.16. The molecule has 6 nitrogen and oxygen atoms in total. The molecule has 0 spiro atoms. The molecule has 90 valence electrons. The fourth-order valence-electron chi connectivity index (χ4n) is 1.29. The van der Waals surface area contributed by atoms with Gasteiger partial charge in [0.1, 0.15) is 0 Å². The van der Waals surface area contributed by atoms with Crippen LogP contribution < -0.4 is 5.32 Å². The summed E-state index contributed by atoms with van der Waals surface area (Å²) < 4.78 is 6.36. The summed E-state index contributed by atoms with van der Waals surface area (Å²) in [6, 6.07) is 1.92. The average molecular weight is 252 g/mol. The lowest BCUT2D eigenvalue weighted by atomic mass is 10.4. The highest BCUT2D eigenvalue weighted by molar-refractivity contribution is 7.13. The molecule has 0 fully saturated rings. The highest BCUT2D eigenvalue weighted by Gasteiger charge is 2.10. The number of esters is 1. The zero-order chi connectivity index (χ0) is 12.3.